The third-order valence-corrected chi connectivity index (χ3v) is 5.89. The first-order valence-electron chi connectivity index (χ1n) is 10.8. The summed E-state index contributed by atoms with van der Waals surface area (Å²) in [6.45, 7) is 2.01. The number of urea groups is 1. The Morgan fingerprint density at radius 3 is 1.76 bits per heavy atom. The number of hydrogen-bond donors (Lipinski definition) is 2. The number of rotatable bonds is 2. The van der Waals surface area contributed by atoms with Crippen molar-refractivity contribution in [3.05, 3.63) is 96.6 Å². The highest BCUT2D eigenvalue weighted by atomic mass is 16.2. The Balaban J connectivity index is 1.44. The average molecular weight is 428 g/mol. The Bertz CT molecular complexity index is 1690. The minimum absolute atomic E-state index is 0.302. The Hall–Kier alpha value is -4.51. The largest absolute Gasteiger partial charge is 0.323 e. The molecule has 0 bridgehead atoms. The molecule has 1 aromatic heterocycles. The monoisotopic (exact) mass is 428 g/mol. The number of aryl methyl sites for hydroxylation is 1. The Morgan fingerprint density at radius 2 is 1.12 bits per heavy atom. The molecule has 0 saturated heterocycles. The van der Waals surface area contributed by atoms with Crippen LogP contribution in [0.2, 0.25) is 0 Å². The summed E-state index contributed by atoms with van der Waals surface area (Å²) in [5.74, 6) is 0. The number of amides is 2. The second-order valence-corrected chi connectivity index (χ2v) is 8.16. The molecule has 6 rings (SSSR count). The molecule has 0 aliphatic rings. The molecule has 5 aromatic carbocycles. The smallest absolute Gasteiger partial charge is 0.308 e. The van der Waals surface area contributed by atoms with Gasteiger partial charge in [0, 0.05) is 22.1 Å². The van der Waals surface area contributed by atoms with Gasteiger partial charge >= 0.3 is 6.03 Å². The molecule has 0 spiro atoms. The second-order valence-electron chi connectivity index (χ2n) is 8.16. The van der Waals surface area contributed by atoms with E-state index < -0.39 is 0 Å². The predicted molar refractivity (Wildman–Crippen MR) is 136 cm³/mol. The van der Waals surface area contributed by atoms with Crippen LogP contribution in [0.25, 0.3) is 43.6 Å². The summed E-state index contributed by atoms with van der Waals surface area (Å²) < 4.78 is 0. The van der Waals surface area contributed by atoms with Crippen LogP contribution in [0.3, 0.4) is 0 Å². The zero-order valence-electron chi connectivity index (χ0n) is 18.0. The van der Waals surface area contributed by atoms with Crippen molar-refractivity contribution in [1.29, 1.82) is 0 Å². The van der Waals surface area contributed by atoms with Gasteiger partial charge in [-0.2, -0.15) is 0 Å². The van der Waals surface area contributed by atoms with Gasteiger partial charge in [-0.05, 0) is 48.0 Å². The van der Waals surface area contributed by atoms with Gasteiger partial charge in [-0.25, -0.2) is 14.8 Å². The maximum absolute atomic E-state index is 12.5. The Kier molecular flexibility index (Phi) is 4.40. The van der Waals surface area contributed by atoms with Crippen LogP contribution in [0, 0.1) is 6.92 Å². The van der Waals surface area contributed by atoms with Gasteiger partial charge in [0.1, 0.15) is 0 Å². The van der Waals surface area contributed by atoms with Crippen molar-refractivity contribution in [2.75, 3.05) is 10.6 Å². The minimum atomic E-state index is -0.302. The quantitative estimate of drug-likeness (QED) is 0.230. The maximum atomic E-state index is 12.5. The molecule has 1 heterocycles. The summed E-state index contributed by atoms with van der Waals surface area (Å²) in [5.41, 5.74) is 5.80. The van der Waals surface area contributed by atoms with E-state index in [0.717, 1.165) is 49.5 Å². The molecule has 0 unspecified atom stereocenters. The summed E-state index contributed by atoms with van der Waals surface area (Å²) in [6.07, 6.45) is 0. The molecular formula is C28H20N4O. The average Bonchev–Trinajstić information content (AvgIpc) is 2.84. The molecule has 5 nitrogen and oxygen atoms in total. The number of nitrogens with zero attached hydrogens (tertiary/aromatic N) is 2. The Labute approximate surface area is 190 Å². The lowest BCUT2D eigenvalue weighted by atomic mass is 9.99. The number of aromatic nitrogens is 2. The van der Waals surface area contributed by atoms with Crippen molar-refractivity contribution in [2.24, 2.45) is 0 Å². The van der Waals surface area contributed by atoms with Crippen LogP contribution in [-0.2, 0) is 0 Å². The third kappa shape index (κ3) is 3.40. The summed E-state index contributed by atoms with van der Waals surface area (Å²) in [5, 5.41) is 10.2. The van der Waals surface area contributed by atoms with Crippen molar-refractivity contribution >= 4 is 61.0 Å². The summed E-state index contributed by atoms with van der Waals surface area (Å²) in [6, 6.07) is 29.6. The van der Waals surface area contributed by atoms with E-state index in [-0.39, 0.29) is 6.03 Å². The topological polar surface area (TPSA) is 66.9 Å². The van der Waals surface area contributed by atoms with Crippen molar-refractivity contribution in [2.45, 2.75) is 6.92 Å². The van der Waals surface area contributed by atoms with Gasteiger partial charge in [0.05, 0.1) is 22.1 Å². The van der Waals surface area contributed by atoms with E-state index in [1.54, 1.807) is 0 Å². The van der Waals surface area contributed by atoms with E-state index in [0.29, 0.717) is 5.69 Å². The van der Waals surface area contributed by atoms with Crippen LogP contribution < -0.4 is 10.6 Å². The molecule has 0 atom stereocenters. The molecule has 0 aliphatic heterocycles. The first kappa shape index (κ1) is 19.2. The van der Waals surface area contributed by atoms with Crippen molar-refractivity contribution in [1.82, 2.24) is 9.97 Å². The molecule has 2 N–H and O–H groups in total. The lowest BCUT2D eigenvalue weighted by Crippen LogP contribution is -2.19. The van der Waals surface area contributed by atoms with Crippen LogP contribution in [-0.4, -0.2) is 16.0 Å². The molecule has 0 radical (unpaired) electrons. The SMILES string of the molecule is Cc1ccc(NC(=O)Nc2ccc3nc4c5ccccc5c5ccccc5c4nc3c2)cc1. The molecule has 0 saturated carbocycles. The van der Waals surface area contributed by atoms with E-state index >= 15 is 0 Å². The molecule has 6 aromatic rings. The molecule has 5 heteroatoms. The number of fused-ring (bicyclic) bond motifs is 7. The van der Waals surface area contributed by atoms with Gasteiger partial charge in [0.25, 0.3) is 0 Å². The lowest BCUT2D eigenvalue weighted by molar-refractivity contribution is 0.262. The lowest BCUT2D eigenvalue weighted by Gasteiger charge is -2.11. The summed E-state index contributed by atoms with van der Waals surface area (Å²) >= 11 is 0. The fraction of sp³-hybridized carbons (Fsp3) is 0.0357. The standard InChI is InChI=1S/C28H20N4O/c1-17-10-12-18(13-11-17)29-28(33)30-19-14-15-24-25(16-19)32-27-23-9-5-3-7-21(23)20-6-2-4-8-22(20)26(27)31-24/h2-16H,1H3,(H2,29,30,33). The molecule has 0 fully saturated rings. The van der Waals surface area contributed by atoms with Gasteiger partial charge in [-0.15, -0.1) is 0 Å². The summed E-state index contributed by atoms with van der Waals surface area (Å²) in [7, 11) is 0. The predicted octanol–water partition coefficient (Wildman–Crippen LogP) is 7.04. The zero-order chi connectivity index (χ0) is 22.4. The van der Waals surface area contributed by atoms with Crippen molar-refractivity contribution < 1.29 is 4.79 Å². The molecule has 0 aliphatic carbocycles. The first-order chi connectivity index (χ1) is 16.2. The van der Waals surface area contributed by atoms with E-state index in [4.69, 9.17) is 9.97 Å². The number of nitrogens with one attached hydrogen (secondary N) is 2. The second kappa shape index (κ2) is 7.57. The molecule has 158 valence electrons. The van der Waals surface area contributed by atoms with Gasteiger partial charge in [0.15, 0.2) is 0 Å². The van der Waals surface area contributed by atoms with Crippen LogP contribution in [0.4, 0.5) is 16.2 Å². The normalized spacial score (nSPS) is 11.3. The number of carbonyl (C=O) groups excluding carboxylic acids is 1. The number of benzene rings is 5. The van der Waals surface area contributed by atoms with Gasteiger partial charge in [0.2, 0.25) is 0 Å². The molecular weight excluding hydrogens is 408 g/mol. The van der Waals surface area contributed by atoms with Gasteiger partial charge in [-0.3, -0.25) is 0 Å². The highest BCUT2D eigenvalue weighted by Crippen LogP contribution is 2.34. The van der Waals surface area contributed by atoms with E-state index in [9.17, 15) is 4.79 Å². The van der Waals surface area contributed by atoms with Crippen LogP contribution >= 0.6 is 0 Å². The van der Waals surface area contributed by atoms with E-state index in [1.165, 1.54) is 5.39 Å². The number of carbonyl (C=O) groups is 1. The van der Waals surface area contributed by atoms with Crippen LogP contribution in [0.1, 0.15) is 5.56 Å². The first-order valence-corrected chi connectivity index (χ1v) is 10.8. The maximum Gasteiger partial charge on any atom is 0.323 e. The van der Waals surface area contributed by atoms with Crippen LogP contribution in [0.5, 0.6) is 0 Å². The van der Waals surface area contributed by atoms with Crippen molar-refractivity contribution in [3.63, 3.8) is 0 Å². The summed E-state index contributed by atoms with van der Waals surface area (Å²) in [4.78, 5) is 22.4. The fourth-order valence-corrected chi connectivity index (χ4v) is 4.29. The fourth-order valence-electron chi connectivity index (χ4n) is 4.29. The molecule has 33 heavy (non-hydrogen) atoms. The van der Waals surface area contributed by atoms with E-state index in [2.05, 4.69) is 41.0 Å². The van der Waals surface area contributed by atoms with Gasteiger partial charge in [-0.1, -0.05) is 66.2 Å². The third-order valence-electron chi connectivity index (χ3n) is 5.89. The van der Waals surface area contributed by atoms with Gasteiger partial charge < -0.3 is 10.6 Å². The number of hydrogen-bond acceptors (Lipinski definition) is 3. The zero-order valence-corrected chi connectivity index (χ0v) is 18.0. The van der Waals surface area contributed by atoms with E-state index in [1.807, 2.05) is 67.6 Å². The highest BCUT2D eigenvalue weighted by molar-refractivity contribution is 6.23. The highest BCUT2D eigenvalue weighted by Gasteiger charge is 2.12. The molecule has 2 amide bonds. The van der Waals surface area contributed by atoms with Crippen LogP contribution in [0.15, 0.2) is 91.0 Å². The van der Waals surface area contributed by atoms with Crippen molar-refractivity contribution in [3.8, 4) is 0 Å². The Morgan fingerprint density at radius 1 is 0.606 bits per heavy atom. The number of anilines is 2. The minimum Gasteiger partial charge on any atom is -0.308 e.